The molecule has 0 bridgehead atoms. The van der Waals surface area contributed by atoms with Crippen molar-refractivity contribution >= 4 is 5.69 Å². The average Bonchev–Trinajstić information content (AvgIpc) is 2.90. The van der Waals surface area contributed by atoms with E-state index < -0.39 is 0 Å². The summed E-state index contributed by atoms with van der Waals surface area (Å²) in [5, 5.41) is 12.5. The maximum Gasteiger partial charge on any atom is 0.101 e. The van der Waals surface area contributed by atoms with Crippen molar-refractivity contribution in [3.63, 3.8) is 0 Å². The summed E-state index contributed by atoms with van der Waals surface area (Å²) in [6.07, 6.45) is 2.64. The second-order valence-corrected chi connectivity index (χ2v) is 5.13. The Balaban J connectivity index is 1.95. The fourth-order valence-corrected chi connectivity index (χ4v) is 2.47. The second kappa shape index (κ2) is 5.88. The monoisotopic (exact) mass is 243 g/mol. The number of benzene rings is 1. The lowest BCUT2D eigenvalue weighted by molar-refractivity contribution is 0.269. The molecule has 0 radical (unpaired) electrons. The highest BCUT2D eigenvalue weighted by atomic mass is 15.2. The standard InChI is InChI=1S/C15H21N3/c1-12-5-6-15(14(9-12)10-16)17-11-13(2)18-7-3-4-8-18/h5-6,9,13,17H,3-4,7-8,11H2,1-2H3. The van der Waals surface area contributed by atoms with Crippen molar-refractivity contribution < 1.29 is 0 Å². The Kier molecular flexibility index (Phi) is 4.22. The highest BCUT2D eigenvalue weighted by Crippen LogP contribution is 2.17. The van der Waals surface area contributed by atoms with Gasteiger partial charge in [-0.25, -0.2) is 0 Å². The fourth-order valence-electron chi connectivity index (χ4n) is 2.47. The summed E-state index contributed by atoms with van der Waals surface area (Å²) >= 11 is 0. The van der Waals surface area contributed by atoms with Crippen LogP contribution in [0.4, 0.5) is 5.69 Å². The molecule has 1 atom stereocenters. The number of hydrogen-bond acceptors (Lipinski definition) is 3. The van der Waals surface area contributed by atoms with E-state index in [1.807, 2.05) is 25.1 Å². The first-order chi connectivity index (χ1) is 8.70. The van der Waals surface area contributed by atoms with E-state index in [9.17, 15) is 0 Å². The van der Waals surface area contributed by atoms with Crippen LogP contribution in [0.3, 0.4) is 0 Å². The molecule has 0 aromatic heterocycles. The molecule has 1 aromatic rings. The molecule has 1 aromatic carbocycles. The van der Waals surface area contributed by atoms with Crippen LogP contribution in [-0.2, 0) is 0 Å². The molecule has 0 aliphatic carbocycles. The Morgan fingerprint density at radius 1 is 1.39 bits per heavy atom. The maximum atomic E-state index is 9.12. The van der Waals surface area contributed by atoms with Crippen molar-refractivity contribution in [2.75, 3.05) is 25.0 Å². The normalized spacial score (nSPS) is 17.4. The van der Waals surface area contributed by atoms with Crippen LogP contribution >= 0.6 is 0 Å². The molecule has 18 heavy (non-hydrogen) atoms. The van der Waals surface area contributed by atoms with E-state index in [1.54, 1.807) is 0 Å². The lowest BCUT2D eigenvalue weighted by Gasteiger charge is -2.24. The average molecular weight is 243 g/mol. The van der Waals surface area contributed by atoms with Crippen molar-refractivity contribution in [3.8, 4) is 6.07 Å². The quantitative estimate of drug-likeness (QED) is 0.883. The van der Waals surface area contributed by atoms with Crippen molar-refractivity contribution in [3.05, 3.63) is 29.3 Å². The van der Waals surface area contributed by atoms with E-state index in [2.05, 4.69) is 23.2 Å². The minimum absolute atomic E-state index is 0.528. The molecule has 1 unspecified atom stereocenters. The lowest BCUT2D eigenvalue weighted by atomic mass is 10.1. The first-order valence-electron chi connectivity index (χ1n) is 6.69. The SMILES string of the molecule is Cc1ccc(NCC(C)N2CCCC2)c(C#N)c1. The molecule has 96 valence electrons. The van der Waals surface area contributed by atoms with E-state index in [0.717, 1.165) is 23.4 Å². The molecular weight excluding hydrogens is 222 g/mol. The Hall–Kier alpha value is -1.53. The van der Waals surface area contributed by atoms with Crippen LogP contribution in [-0.4, -0.2) is 30.6 Å². The Labute approximate surface area is 109 Å². The first kappa shape index (κ1) is 12.9. The van der Waals surface area contributed by atoms with Gasteiger partial charge in [-0.3, -0.25) is 4.90 Å². The first-order valence-corrected chi connectivity index (χ1v) is 6.69. The summed E-state index contributed by atoms with van der Waals surface area (Å²) < 4.78 is 0. The molecule has 1 aliphatic rings. The van der Waals surface area contributed by atoms with E-state index >= 15 is 0 Å². The summed E-state index contributed by atoms with van der Waals surface area (Å²) in [6, 6.07) is 8.76. The second-order valence-electron chi connectivity index (χ2n) is 5.13. The maximum absolute atomic E-state index is 9.12. The lowest BCUT2D eigenvalue weighted by Crippen LogP contribution is -2.35. The number of aryl methyl sites for hydroxylation is 1. The third-order valence-electron chi connectivity index (χ3n) is 3.65. The van der Waals surface area contributed by atoms with Gasteiger partial charge in [-0.05, 0) is 57.5 Å². The van der Waals surface area contributed by atoms with E-state index in [0.29, 0.717) is 6.04 Å². The number of rotatable bonds is 4. The fraction of sp³-hybridized carbons (Fsp3) is 0.533. The third-order valence-corrected chi connectivity index (χ3v) is 3.65. The van der Waals surface area contributed by atoms with Crippen LogP contribution in [0.5, 0.6) is 0 Å². The van der Waals surface area contributed by atoms with Crippen molar-refractivity contribution in [2.45, 2.75) is 32.7 Å². The van der Waals surface area contributed by atoms with Crippen molar-refractivity contribution in [2.24, 2.45) is 0 Å². The minimum Gasteiger partial charge on any atom is -0.382 e. The van der Waals surface area contributed by atoms with Crippen LogP contribution in [0.1, 0.15) is 30.9 Å². The van der Waals surface area contributed by atoms with Gasteiger partial charge in [0.05, 0.1) is 11.3 Å². The number of nitriles is 1. The molecule has 3 heteroatoms. The molecular formula is C15H21N3. The smallest absolute Gasteiger partial charge is 0.101 e. The van der Waals surface area contributed by atoms with Gasteiger partial charge in [0.15, 0.2) is 0 Å². The molecule has 1 saturated heterocycles. The number of hydrogen-bond donors (Lipinski definition) is 1. The van der Waals surface area contributed by atoms with Crippen molar-refractivity contribution in [1.29, 1.82) is 5.26 Å². The van der Waals surface area contributed by atoms with Gasteiger partial charge in [0.25, 0.3) is 0 Å². The molecule has 0 amide bonds. The zero-order chi connectivity index (χ0) is 13.0. The van der Waals surface area contributed by atoms with Gasteiger partial charge < -0.3 is 5.32 Å². The predicted molar refractivity (Wildman–Crippen MR) is 74.7 cm³/mol. The number of nitrogens with one attached hydrogen (secondary N) is 1. The zero-order valence-corrected chi connectivity index (χ0v) is 11.2. The van der Waals surface area contributed by atoms with Gasteiger partial charge >= 0.3 is 0 Å². The zero-order valence-electron chi connectivity index (χ0n) is 11.2. The Morgan fingerprint density at radius 2 is 2.11 bits per heavy atom. The largest absolute Gasteiger partial charge is 0.382 e. The summed E-state index contributed by atoms with van der Waals surface area (Å²) in [5.74, 6) is 0. The molecule has 0 spiro atoms. The number of likely N-dealkylation sites (tertiary alicyclic amines) is 1. The highest BCUT2D eigenvalue weighted by molar-refractivity contribution is 5.58. The minimum atomic E-state index is 0.528. The van der Waals surface area contributed by atoms with Gasteiger partial charge in [-0.1, -0.05) is 6.07 Å². The van der Waals surface area contributed by atoms with Gasteiger partial charge in [0, 0.05) is 12.6 Å². The summed E-state index contributed by atoms with van der Waals surface area (Å²) in [5.41, 5.74) is 2.82. The van der Waals surface area contributed by atoms with Gasteiger partial charge in [0.2, 0.25) is 0 Å². The van der Waals surface area contributed by atoms with Crippen LogP contribution < -0.4 is 5.32 Å². The van der Waals surface area contributed by atoms with Crippen molar-refractivity contribution in [1.82, 2.24) is 4.90 Å². The number of anilines is 1. The van der Waals surface area contributed by atoms with Crippen LogP contribution in [0.2, 0.25) is 0 Å². The molecule has 0 saturated carbocycles. The van der Waals surface area contributed by atoms with Gasteiger partial charge in [-0.15, -0.1) is 0 Å². The third kappa shape index (κ3) is 3.02. The van der Waals surface area contributed by atoms with E-state index in [-0.39, 0.29) is 0 Å². The Morgan fingerprint density at radius 3 is 2.78 bits per heavy atom. The van der Waals surface area contributed by atoms with E-state index in [1.165, 1.54) is 25.9 Å². The van der Waals surface area contributed by atoms with Gasteiger partial charge in [-0.2, -0.15) is 5.26 Å². The Bertz CT molecular complexity index is 442. The summed E-state index contributed by atoms with van der Waals surface area (Å²) in [7, 11) is 0. The molecule has 2 rings (SSSR count). The topological polar surface area (TPSA) is 39.1 Å². The highest BCUT2D eigenvalue weighted by Gasteiger charge is 2.17. The van der Waals surface area contributed by atoms with Crippen LogP contribution in [0, 0.1) is 18.3 Å². The molecule has 1 aliphatic heterocycles. The molecule has 1 heterocycles. The summed E-state index contributed by atoms with van der Waals surface area (Å²) in [6.45, 7) is 7.58. The predicted octanol–water partition coefficient (Wildman–Crippen LogP) is 2.76. The molecule has 3 nitrogen and oxygen atoms in total. The summed E-state index contributed by atoms with van der Waals surface area (Å²) in [4.78, 5) is 2.51. The molecule has 1 fully saturated rings. The molecule has 1 N–H and O–H groups in total. The number of nitrogens with zero attached hydrogens (tertiary/aromatic N) is 2. The van der Waals surface area contributed by atoms with Crippen LogP contribution in [0.25, 0.3) is 0 Å². The van der Waals surface area contributed by atoms with E-state index in [4.69, 9.17) is 5.26 Å². The van der Waals surface area contributed by atoms with Crippen LogP contribution in [0.15, 0.2) is 18.2 Å². The van der Waals surface area contributed by atoms with Gasteiger partial charge in [0.1, 0.15) is 6.07 Å².